The summed E-state index contributed by atoms with van der Waals surface area (Å²) in [5.74, 6) is 2.28. The summed E-state index contributed by atoms with van der Waals surface area (Å²) < 4.78 is 0. The van der Waals surface area contributed by atoms with Crippen molar-refractivity contribution < 1.29 is 15.0 Å². The van der Waals surface area contributed by atoms with Crippen molar-refractivity contribution in [1.29, 1.82) is 0 Å². The Morgan fingerprint density at radius 3 is 2.74 bits per heavy atom. The maximum absolute atomic E-state index is 13.7. The lowest BCUT2D eigenvalue weighted by Gasteiger charge is -2.66. The molecule has 4 aliphatic carbocycles. The SMILES string of the molecule is O=C(c1ccccc1O)N1C[C@H]2CC34CCC1C2C31CCN(CC2CC2)C4Cc2ccc(O)cc21. The molecule has 3 saturated carbocycles. The minimum atomic E-state index is -0.0129. The first-order valence-corrected chi connectivity index (χ1v) is 13.7. The van der Waals surface area contributed by atoms with Crippen molar-refractivity contribution in [2.45, 2.75) is 62.4 Å². The number of hydrogen-bond donors (Lipinski definition) is 2. The number of piperidine rings is 1. The first-order chi connectivity index (χ1) is 17.0. The van der Waals surface area contributed by atoms with Gasteiger partial charge >= 0.3 is 0 Å². The van der Waals surface area contributed by atoms with Crippen LogP contribution in [0.15, 0.2) is 42.5 Å². The van der Waals surface area contributed by atoms with Crippen LogP contribution in [-0.2, 0) is 11.8 Å². The maximum atomic E-state index is 13.7. The van der Waals surface area contributed by atoms with Crippen molar-refractivity contribution in [3.8, 4) is 11.5 Å². The molecule has 0 aromatic heterocycles. The van der Waals surface area contributed by atoms with E-state index in [9.17, 15) is 15.0 Å². The topological polar surface area (TPSA) is 64.0 Å². The van der Waals surface area contributed by atoms with Crippen LogP contribution in [-0.4, -0.2) is 57.6 Å². The van der Waals surface area contributed by atoms with E-state index in [0.29, 0.717) is 29.2 Å². The third kappa shape index (κ3) is 2.50. The highest BCUT2D eigenvalue weighted by Crippen LogP contribution is 2.75. The number of amides is 1. The van der Waals surface area contributed by atoms with Crippen LogP contribution in [0.25, 0.3) is 0 Å². The normalized spacial score (nSPS) is 38.8. The molecule has 5 nitrogen and oxygen atoms in total. The predicted octanol–water partition coefficient (Wildman–Crippen LogP) is 4.32. The summed E-state index contributed by atoms with van der Waals surface area (Å²) >= 11 is 0. The molecule has 35 heavy (non-hydrogen) atoms. The van der Waals surface area contributed by atoms with Crippen molar-refractivity contribution in [1.82, 2.24) is 9.80 Å². The van der Waals surface area contributed by atoms with Crippen molar-refractivity contribution in [2.24, 2.45) is 23.2 Å². The quantitative estimate of drug-likeness (QED) is 0.702. The van der Waals surface area contributed by atoms with E-state index >= 15 is 0 Å². The molecule has 1 amide bonds. The third-order valence-corrected chi connectivity index (χ3v) is 11.2. The van der Waals surface area contributed by atoms with Gasteiger partial charge in [-0.2, -0.15) is 0 Å². The second-order valence-corrected chi connectivity index (χ2v) is 12.4. The van der Waals surface area contributed by atoms with E-state index in [1.165, 1.54) is 36.9 Å². The summed E-state index contributed by atoms with van der Waals surface area (Å²) in [4.78, 5) is 18.7. The zero-order valence-corrected chi connectivity index (χ0v) is 20.2. The number of carbonyl (C=O) groups excluding carboxylic acids is 1. The first-order valence-electron chi connectivity index (χ1n) is 13.7. The smallest absolute Gasteiger partial charge is 0.257 e. The summed E-state index contributed by atoms with van der Waals surface area (Å²) in [5, 5.41) is 21.0. The molecule has 2 aromatic rings. The lowest BCUT2D eigenvalue weighted by Crippen LogP contribution is -2.69. The Labute approximate surface area is 206 Å². The number of phenols is 2. The minimum absolute atomic E-state index is 0.0129. The fraction of sp³-hybridized carbons (Fsp3) is 0.567. The highest BCUT2D eigenvalue weighted by molar-refractivity contribution is 5.97. The fourth-order valence-electron chi connectivity index (χ4n) is 9.99. The molecule has 2 aromatic carbocycles. The largest absolute Gasteiger partial charge is 0.508 e. The fourth-order valence-corrected chi connectivity index (χ4v) is 9.99. The highest BCUT2D eigenvalue weighted by Gasteiger charge is 2.76. The van der Waals surface area contributed by atoms with Crippen LogP contribution in [0.5, 0.6) is 11.5 Å². The van der Waals surface area contributed by atoms with Gasteiger partial charge in [0.25, 0.3) is 5.91 Å². The number of para-hydroxylation sites is 1. The van der Waals surface area contributed by atoms with Crippen LogP contribution in [0.4, 0.5) is 0 Å². The van der Waals surface area contributed by atoms with Gasteiger partial charge in [0.2, 0.25) is 0 Å². The summed E-state index contributed by atoms with van der Waals surface area (Å²) in [7, 11) is 0. The van der Waals surface area contributed by atoms with Gasteiger partial charge in [0.05, 0.1) is 5.56 Å². The Morgan fingerprint density at radius 1 is 1.06 bits per heavy atom. The van der Waals surface area contributed by atoms with Crippen molar-refractivity contribution >= 4 is 5.91 Å². The zero-order chi connectivity index (χ0) is 23.5. The van der Waals surface area contributed by atoms with E-state index in [1.807, 2.05) is 12.1 Å². The monoisotopic (exact) mass is 470 g/mol. The predicted molar refractivity (Wildman–Crippen MR) is 132 cm³/mol. The zero-order valence-electron chi connectivity index (χ0n) is 20.2. The number of benzene rings is 2. The van der Waals surface area contributed by atoms with E-state index in [2.05, 4.69) is 21.9 Å². The van der Waals surface area contributed by atoms with Crippen LogP contribution in [0.2, 0.25) is 0 Å². The van der Waals surface area contributed by atoms with Crippen molar-refractivity contribution in [3.05, 3.63) is 59.2 Å². The lowest BCUT2D eigenvalue weighted by molar-refractivity contribution is -0.102. The maximum Gasteiger partial charge on any atom is 0.257 e. The number of fused-ring (bicyclic) bond motifs is 1. The molecule has 4 bridgehead atoms. The molecular weight excluding hydrogens is 436 g/mol. The summed E-state index contributed by atoms with van der Waals surface area (Å²) in [6, 6.07) is 14.0. The molecule has 6 atom stereocenters. The third-order valence-electron chi connectivity index (χ3n) is 11.2. The Morgan fingerprint density at radius 2 is 1.91 bits per heavy atom. The van der Waals surface area contributed by atoms with Crippen molar-refractivity contribution in [2.75, 3.05) is 19.6 Å². The van der Waals surface area contributed by atoms with Gasteiger partial charge in [-0.05, 0) is 110 Å². The molecule has 0 spiro atoms. The molecule has 2 N–H and O–H groups in total. The van der Waals surface area contributed by atoms with Crippen LogP contribution in [0, 0.1) is 23.2 Å². The second kappa shape index (κ2) is 6.82. The molecular formula is C30H34N2O3. The Hall–Kier alpha value is -2.53. The minimum Gasteiger partial charge on any atom is -0.508 e. The molecule has 2 saturated heterocycles. The standard InChI is InChI=1S/C30H34N2O3/c33-21-8-7-19-13-26-29-10-9-24-27(30(29,23(19)14-21)11-12-31(26)16-18-5-6-18)20(15-29)17-32(24)28(35)22-3-1-2-4-25(22)34/h1-4,7-8,14,18,20,24,26-27,33-34H,5-6,9-13,15-17H2/t20-,24?,26?,27?,29?,30?/m1/s1. The van der Waals surface area contributed by atoms with E-state index in [-0.39, 0.29) is 28.5 Å². The summed E-state index contributed by atoms with van der Waals surface area (Å²) in [5.41, 5.74) is 3.56. The molecule has 2 heterocycles. The lowest BCUT2D eigenvalue weighted by atomic mass is 9.43. The van der Waals surface area contributed by atoms with Gasteiger partial charge in [0, 0.05) is 30.6 Å². The number of hydrogen-bond acceptors (Lipinski definition) is 4. The van der Waals surface area contributed by atoms with Crippen LogP contribution >= 0.6 is 0 Å². The van der Waals surface area contributed by atoms with Gasteiger partial charge in [0.15, 0.2) is 0 Å². The Balaban J connectivity index is 1.25. The van der Waals surface area contributed by atoms with Gasteiger partial charge in [-0.1, -0.05) is 18.2 Å². The van der Waals surface area contributed by atoms with E-state index in [0.717, 1.165) is 44.7 Å². The van der Waals surface area contributed by atoms with E-state index in [1.54, 1.807) is 18.2 Å². The van der Waals surface area contributed by atoms with Gasteiger partial charge in [0.1, 0.15) is 11.5 Å². The molecule has 8 rings (SSSR count). The van der Waals surface area contributed by atoms with Gasteiger partial charge in [-0.15, -0.1) is 0 Å². The Bertz CT molecular complexity index is 1240. The van der Waals surface area contributed by atoms with Gasteiger partial charge in [-0.25, -0.2) is 0 Å². The number of nitrogens with zero attached hydrogens (tertiary/aromatic N) is 2. The molecule has 6 aliphatic rings. The van der Waals surface area contributed by atoms with Crippen LogP contribution in [0.3, 0.4) is 0 Å². The molecule has 182 valence electrons. The first kappa shape index (κ1) is 20.6. The number of carbonyl (C=O) groups is 1. The summed E-state index contributed by atoms with van der Waals surface area (Å²) in [6.07, 6.45) is 8.45. The average molecular weight is 471 g/mol. The molecule has 2 aliphatic heterocycles. The van der Waals surface area contributed by atoms with Crippen molar-refractivity contribution in [3.63, 3.8) is 0 Å². The second-order valence-electron chi connectivity index (χ2n) is 12.4. The molecule has 0 radical (unpaired) electrons. The number of phenolic OH excluding ortho intramolecular Hbond substituents is 2. The Kier molecular flexibility index (Phi) is 4.02. The van der Waals surface area contributed by atoms with Crippen LogP contribution < -0.4 is 0 Å². The molecule has 5 heteroatoms. The van der Waals surface area contributed by atoms with E-state index in [4.69, 9.17) is 0 Å². The molecule has 5 fully saturated rings. The summed E-state index contributed by atoms with van der Waals surface area (Å²) in [6.45, 7) is 3.20. The average Bonchev–Trinajstić information content (AvgIpc) is 3.54. The van der Waals surface area contributed by atoms with Gasteiger partial charge in [-0.3, -0.25) is 9.69 Å². The van der Waals surface area contributed by atoms with Crippen LogP contribution in [0.1, 0.15) is 60.0 Å². The molecule has 5 unspecified atom stereocenters. The van der Waals surface area contributed by atoms with Gasteiger partial charge < -0.3 is 15.1 Å². The highest BCUT2D eigenvalue weighted by atomic mass is 16.3. The number of likely N-dealkylation sites (tertiary alicyclic amines) is 2. The number of rotatable bonds is 3. The van der Waals surface area contributed by atoms with E-state index < -0.39 is 0 Å². The number of aromatic hydroxyl groups is 2.